The Bertz CT molecular complexity index is 506. The van der Waals surface area contributed by atoms with Gasteiger partial charge in [-0.2, -0.15) is 0 Å². The van der Waals surface area contributed by atoms with E-state index in [1.54, 1.807) is 0 Å². The molecule has 116 valence electrons. The zero-order valence-corrected chi connectivity index (χ0v) is 12.2. The number of halogens is 3. The van der Waals surface area contributed by atoms with Gasteiger partial charge in [-0.15, -0.1) is 0 Å². The van der Waals surface area contributed by atoms with E-state index in [9.17, 15) is 13.2 Å². The van der Waals surface area contributed by atoms with Crippen molar-refractivity contribution in [3.63, 3.8) is 0 Å². The fourth-order valence-electron chi connectivity index (χ4n) is 3.80. The maximum atomic E-state index is 14.0. The molecule has 0 radical (unpaired) electrons. The molecule has 2 atom stereocenters. The largest absolute Gasteiger partial charge is 0.363 e. The molecule has 5 heteroatoms. The molecular formula is C16H21F3N2. The molecule has 2 saturated heterocycles. The van der Waals surface area contributed by atoms with Crippen LogP contribution in [0.4, 0.5) is 18.9 Å². The van der Waals surface area contributed by atoms with Crippen LogP contribution in [0.3, 0.4) is 0 Å². The van der Waals surface area contributed by atoms with Crippen LogP contribution in [0.2, 0.25) is 0 Å². The molecule has 2 aliphatic heterocycles. The molecule has 1 aromatic carbocycles. The van der Waals surface area contributed by atoms with Crippen LogP contribution < -0.4 is 10.2 Å². The van der Waals surface area contributed by atoms with E-state index in [-0.39, 0.29) is 17.8 Å². The van der Waals surface area contributed by atoms with E-state index in [4.69, 9.17) is 0 Å². The third-order valence-corrected chi connectivity index (χ3v) is 4.71. The molecule has 2 unspecified atom stereocenters. The summed E-state index contributed by atoms with van der Waals surface area (Å²) >= 11 is 0. The highest BCUT2D eigenvalue weighted by Crippen LogP contribution is 2.40. The number of nitrogens with zero attached hydrogens (tertiary/aromatic N) is 1. The smallest absolute Gasteiger partial charge is 0.196 e. The van der Waals surface area contributed by atoms with E-state index >= 15 is 0 Å². The Morgan fingerprint density at radius 1 is 1.10 bits per heavy atom. The van der Waals surface area contributed by atoms with Gasteiger partial charge in [0.15, 0.2) is 17.5 Å². The van der Waals surface area contributed by atoms with Crippen LogP contribution in [0.15, 0.2) is 12.1 Å². The molecule has 2 heterocycles. The zero-order chi connectivity index (χ0) is 15.0. The molecule has 2 aliphatic rings. The third-order valence-electron chi connectivity index (χ3n) is 4.71. The van der Waals surface area contributed by atoms with Gasteiger partial charge in [0.05, 0.1) is 5.69 Å². The Kier molecular flexibility index (Phi) is 4.11. The second-order valence-electron chi connectivity index (χ2n) is 6.11. The van der Waals surface area contributed by atoms with E-state index < -0.39 is 17.5 Å². The first-order chi connectivity index (χ1) is 10.1. The third kappa shape index (κ3) is 2.63. The van der Waals surface area contributed by atoms with Gasteiger partial charge in [-0.05, 0) is 50.8 Å². The molecule has 0 aliphatic carbocycles. The molecule has 0 saturated carbocycles. The number of rotatable bonds is 4. The van der Waals surface area contributed by atoms with E-state index in [0.717, 1.165) is 44.7 Å². The summed E-state index contributed by atoms with van der Waals surface area (Å²) in [5, 5.41) is 3.52. The number of piperidine rings is 1. The van der Waals surface area contributed by atoms with E-state index in [1.807, 2.05) is 4.90 Å². The van der Waals surface area contributed by atoms with Crippen molar-refractivity contribution in [3.8, 4) is 0 Å². The average molecular weight is 298 g/mol. The lowest BCUT2D eigenvalue weighted by Gasteiger charge is -2.41. The highest BCUT2D eigenvalue weighted by Gasteiger charge is 2.41. The summed E-state index contributed by atoms with van der Waals surface area (Å²) < 4.78 is 40.6. The number of fused-ring (bicyclic) bond motifs is 2. The van der Waals surface area contributed by atoms with Gasteiger partial charge in [0, 0.05) is 18.1 Å². The lowest BCUT2D eigenvalue weighted by molar-refractivity contribution is 0.351. The van der Waals surface area contributed by atoms with E-state index in [2.05, 4.69) is 12.2 Å². The van der Waals surface area contributed by atoms with Gasteiger partial charge in [0.1, 0.15) is 0 Å². The van der Waals surface area contributed by atoms with E-state index in [1.165, 1.54) is 6.07 Å². The number of hydrogen-bond acceptors (Lipinski definition) is 2. The quantitative estimate of drug-likeness (QED) is 0.854. The molecule has 1 aromatic rings. The minimum Gasteiger partial charge on any atom is -0.363 e. The minimum absolute atomic E-state index is 0.218. The fraction of sp³-hybridized carbons (Fsp3) is 0.625. The van der Waals surface area contributed by atoms with Crippen molar-refractivity contribution < 1.29 is 13.2 Å². The summed E-state index contributed by atoms with van der Waals surface area (Å²) in [5.74, 6) is -3.53. The molecule has 2 bridgehead atoms. The molecule has 3 rings (SSSR count). The van der Waals surface area contributed by atoms with Gasteiger partial charge < -0.3 is 10.2 Å². The Balaban J connectivity index is 1.81. The van der Waals surface area contributed by atoms with Gasteiger partial charge in [-0.25, -0.2) is 13.2 Å². The lowest BCUT2D eigenvalue weighted by atomic mass is 9.96. The molecule has 0 spiro atoms. The zero-order valence-electron chi connectivity index (χ0n) is 12.2. The summed E-state index contributed by atoms with van der Waals surface area (Å²) in [5.41, 5.74) is 0.218. The predicted molar refractivity (Wildman–Crippen MR) is 76.9 cm³/mol. The van der Waals surface area contributed by atoms with Gasteiger partial charge in [0.2, 0.25) is 0 Å². The first-order valence-corrected chi connectivity index (χ1v) is 7.77. The Hall–Kier alpha value is -1.23. The maximum absolute atomic E-state index is 14.0. The van der Waals surface area contributed by atoms with Crippen LogP contribution in [0, 0.1) is 17.5 Å². The van der Waals surface area contributed by atoms with Crippen molar-refractivity contribution in [1.82, 2.24) is 5.32 Å². The molecule has 2 fully saturated rings. The molecule has 1 N–H and O–H groups in total. The van der Waals surface area contributed by atoms with Crippen LogP contribution >= 0.6 is 0 Å². The Morgan fingerprint density at radius 2 is 1.76 bits per heavy atom. The second-order valence-corrected chi connectivity index (χ2v) is 6.11. The predicted octanol–water partition coefficient (Wildman–Crippen LogP) is 3.60. The SMILES string of the molecule is CCCNC1CC2CCC(C1)N2c1ccc(F)c(F)c1F. The van der Waals surface area contributed by atoms with Crippen molar-refractivity contribution in [2.75, 3.05) is 11.4 Å². The molecule has 0 aromatic heterocycles. The van der Waals surface area contributed by atoms with Crippen LogP contribution in [-0.2, 0) is 0 Å². The number of benzene rings is 1. The highest BCUT2D eigenvalue weighted by atomic mass is 19.2. The summed E-state index contributed by atoms with van der Waals surface area (Å²) in [6.45, 7) is 3.12. The number of nitrogens with one attached hydrogen (secondary N) is 1. The highest BCUT2D eigenvalue weighted by molar-refractivity contribution is 5.52. The lowest BCUT2D eigenvalue weighted by Crippen LogP contribution is -2.49. The summed E-state index contributed by atoms with van der Waals surface area (Å²) in [7, 11) is 0. The van der Waals surface area contributed by atoms with Crippen LogP contribution in [0.25, 0.3) is 0 Å². The normalized spacial score (nSPS) is 28.2. The summed E-state index contributed by atoms with van der Waals surface area (Å²) in [6.07, 6.45) is 4.96. The van der Waals surface area contributed by atoms with Crippen LogP contribution in [-0.4, -0.2) is 24.7 Å². The monoisotopic (exact) mass is 298 g/mol. The average Bonchev–Trinajstić information content (AvgIpc) is 2.74. The van der Waals surface area contributed by atoms with Gasteiger partial charge >= 0.3 is 0 Å². The first kappa shape index (κ1) is 14.7. The Morgan fingerprint density at radius 3 is 2.38 bits per heavy atom. The maximum Gasteiger partial charge on any atom is 0.196 e. The standard InChI is InChI=1S/C16H21F3N2/c1-2-7-20-10-8-11-3-4-12(9-10)21(11)14-6-5-13(17)15(18)16(14)19/h5-6,10-12,20H,2-4,7-9H2,1H3. The van der Waals surface area contributed by atoms with Gasteiger partial charge in [0.25, 0.3) is 0 Å². The van der Waals surface area contributed by atoms with Crippen LogP contribution in [0.5, 0.6) is 0 Å². The van der Waals surface area contributed by atoms with E-state index in [0.29, 0.717) is 6.04 Å². The summed E-state index contributed by atoms with van der Waals surface area (Å²) in [6, 6.07) is 3.29. The summed E-state index contributed by atoms with van der Waals surface area (Å²) in [4.78, 5) is 1.97. The molecule has 21 heavy (non-hydrogen) atoms. The number of anilines is 1. The van der Waals surface area contributed by atoms with Gasteiger partial charge in [-0.1, -0.05) is 6.92 Å². The van der Waals surface area contributed by atoms with Crippen molar-refractivity contribution in [3.05, 3.63) is 29.6 Å². The van der Waals surface area contributed by atoms with Crippen molar-refractivity contribution in [2.24, 2.45) is 0 Å². The molecule has 0 amide bonds. The van der Waals surface area contributed by atoms with Gasteiger partial charge in [-0.3, -0.25) is 0 Å². The topological polar surface area (TPSA) is 15.3 Å². The Labute approximate surface area is 123 Å². The fourth-order valence-corrected chi connectivity index (χ4v) is 3.80. The second kappa shape index (κ2) is 5.87. The minimum atomic E-state index is -1.36. The van der Waals surface area contributed by atoms with Crippen molar-refractivity contribution in [1.29, 1.82) is 0 Å². The van der Waals surface area contributed by atoms with Crippen molar-refractivity contribution >= 4 is 5.69 Å². The van der Waals surface area contributed by atoms with Crippen molar-refractivity contribution in [2.45, 2.75) is 57.2 Å². The first-order valence-electron chi connectivity index (χ1n) is 7.77. The number of hydrogen-bond donors (Lipinski definition) is 1. The molecular weight excluding hydrogens is 277 g/mol. The molecule has 2 nitrogen and oxygen atoms in total. The van der Waals surface area contributed by atoms with Crippen LogP contribution in [0.1, 0.15) is 39.0 Å².